The highest BCUT2D eigenvalue weighted by atomic mass is 16.2. The molecule has 3 aromatic carbocycles. The second kappa shape index (κ2) is 6.36. The van der Waals surface area contributed by atoms with Crippen LogP contribution in [0, 0.1) is 0 Å². The fourth-order valence-electron chi connectivity index (χ4n) is 4.67. The van der Waals surface area contributed by atoms with Gasteiger partial charge in [-0.3, -0.25) is 13.8 Å². The minimum atomic E-state index is -0.331. The van der Waals surface area contributed by atoms with E-state index in [1.807, 2.05) is 67.5 Å². The second-order valence-electron chi connectivity index (χ2n) is 8.26. The predicted molar refractivity (Wildman–Crippen MR) is 125 cm³/mol. The van der Waals surface area contributed by atoms with E-state index in [9.17, 15) is 9.59 Å². The first kappa shape index (κ1) is 18.0. The van der Waals surface area contributed by atoms with Gasteiger partial charge in [-0.1, -0.05) is 54.6 Å². The monoisotopic (exact) mass is 408 g/mol. The summed E-state index contributed by atoms with van der Waals surface area (Å²) in [6.45, 7) is 0.897. The third-order valence-corrected chi connectivity index (χ3v) is 6.12. The number of rotatable bonds is 3. The number of benzene rings is 3. The summed E-state index contributed by atoms with van der Waals surface area (Å²) in [5, 5.41) is 4.86. The standard InChI is InChI=1S/C25H20N4O2/c1-27(2)13-14-28-24(30)21-23-20(17-9-5-6-10-19(17)26-21)18-12-11-15-7-3-4-8-16(15)22(18)29(23)25(28)31/h3-12H,13-14H2,1-2H3. The Labute approximate surface area is 176 Å². The van der Waals surface area contributed by atoms with E-state index >= 15 is 0 Å². The predicted octanol–water partition coefficient (Wildman–Crippen LogP) is 3.47. The maximum absolute atomic E-state index is 13.7. The molecule has 152 valence electrons. The molecule has 3 heterocycles. The van der Waals surface area contributed by atoms with Crippen LogP contribution in [0.1, 0.15) is 0 Å². The summed E-state index contributed by atoms with van der Waals surface area (Å²) in [5.41, 5.74) is 1.90. The Morgan fingerprint density at radius 2 is 1.58 bits per heavy atom. The molecule has 0 atom stereocenters. The zero-order valence-corrected chi connectivity index (χ0v) is 17.3. The van der Waals surface area contributed by atoms with Gasteiger partial charge in [0.2, 0.25) is 0 Å². The van der Waals surface area contributed by atoms with Gasteiger partial charge in [-0.2, -0.15) is 0 Å². The van der Waals surface area contributed by atoms with Crippen molar-refractivity contribution in [2.75, 3.05) is 20.6 Å². The Hall–Kier alpha value is -3.77. The number of fused-ring (bicyclic) bond motifs is 7. The molecule has 0 fully saturated rings. The van der Waals surface area contributed by atoms with Crippen LogP contribution < -0.4 is 11.2 Å². The normalized spacial score (nSPS) is 12.4. The van der Waals surface area contributed by atoms with Gasteiger partial charge in [-0.15, -0.1) is 0 Å². The molecule has 31 heavy (non-hydrogen) atoms. The largest absolute Gasteiger partial charge is 0.336 e. The lowest BCUT2D eigenvalue weighted by Crippen LogP contribution is -2.40. The van der Waals surface area contributed by atoms with Crippen LogP contribution in [-0.4, -0.2) is 39.5 Å². The lowest BCUT2D eigenvalue weighted by Gasteiger charge is -2.12. The van der Waals surface area contributed by atoms with Crippen molar-refractivity contribution in [2.24, 2.45) is 0 Å². The van der Waals surface area contributed by atoms with Crippen molar-refractivity contribution in [1.29, 1.82) is 0 Å². The highest BCUT2D eigenvalue weighted by molar-refractivity contribution is 6.27. The number of nitrogens with zero attached hydrogens (tertiary/aromatic N) is 4. The maximum Gasteiger partial charge on any atom is 0.336 e. The lowest BCUT2D eigenvalue weighted by molar-refractivity contribution is 0.376. The van der Waals surface area contributed by atoms with E-state index in [-0.39, 0.29) is 11.2 Å². The van der Waals surface area contributed by atoms with Gasteiger partial charge >= 0.3 is 5.69 Å². The van der Waals surface area contributed by atoms with Crippen molar-refractivity contribution in [2.45, 2.75) is 6.54 Å². The molecule has 0 radical (unpaired) electrons. The van der Waals surface area contributed by atoms with Crippen LogP contribution in [0.15, 0.2) is 70.3 Å². The fraction of sp³-hybridized carbons (Fsp3) is 0.160. The Balaban J connectivity index is 1.96. The van der Waals surface area contributed by atoms with Gasteiger partial charge in [0.05, 0.1) is 16.6 Å². The summed E-state index contributed by atoms with van der Waals surface area (Å²) in [6, 6.07) is 20.0. The quantitative estimate of drug-likeness (QED) is 0.421. The molecule has 0 spiro atoms. The molecule has 6 rings (SSSR count). The number of hydrogen-bond acceptors (Lipinski definition) is 4. The Bertz CT molecular complexity index is 1760. The van der Waals surface area contributed by atoms with Crippen molar-refractivity contribution in [3.8, 4) is 0 Å². The van der Waals surface area contributed by atoms with Gasteiger partial charge < -0.3 is 4.90 Å². The number of pyridine rings is 1. The molecule has 0 aliphatic rings. The van der Waals surface area contributed by atoms with E-state index in [0.717, 1.165) is 38.0 Å². The van der Waals surface area contributed by atoms with Crippen molar-refractivity contribution in [1.82, 2.24) is 18.9 Å². The average molecular weight is 408 g/mol. The molecule has 6 heteroatoms. The second-order valence-corrected chi connectivity index (χ2v) is 8.26. The van der Waals surface area contributed by atoms with E-state index in [1.165, 1.54) is 4.57 Å². The zero-order chi connectivity index (χ0) is 21.3. The van der Waals surface area contributed by atoms with E-state index < -0.39 is 0 Å². The molecule has 0 saturated carbocycles. The lowest BCUT2D eigenvalue weighted by atomic mass is 10.0. The first-order valence-electron chi connectivity index (χ1n) is 10.3. The van der Waals surface area contributed by atoms with Crippen LogP contribution in [0.25, 0.3) is 49.0 Å². The topological polar surface area (TPSA) is 59.6 Å². The summed E-state index contributed by atoms with van der Waals surface area (Å²) in [4.78, 5) is 33.8. The molecule has 6 nitrogen and oxygen atoms in total. The smallest absolute Gasteiger partial charge is 0.308 e. The third kappa shape index (κ3) is 2.39. The maximum atomic E-state index is 13.7. The SMILES string of the molecule is CN(C)CCn1c(=O)c2nc3ccccc3c3c4ccc5ccccc5c4n(c1=O)c23. The average Bonchev–Trinajstić information content (AvgIpc) is 3.13. The molecule has 0 aliphatic carbocycles. The number of hydrogen-bond donors (Lipinski definition) is 0. The van der Waals surface area contributed by atoms with Crippen LogP contribution in [0.3, 0.4) is 0 Å². The Kier molecular flexibility index (Phi) is 3.70. The van der Waals surface area contributed by atoms with E-state index in [0.29, 0.717) is 24.1 Å². The van der Waals surface area contributed by atoms with E-state index in [4.69, 9.17) is 4.98 Å². The molecule has 0 unspecified atom stereocenters. The van der Waals surface area contributed by atoms with Gasteiger partial charge in [0, 0.05) is 34.6 Å². The minimum Gasteiger partial charge on any atom is -0.308 e. The summed E-state index contributed by atoms with van der Waals surface area (Å²) in [5.74, 6) is 0. The molecular formula is C25H20N4O2. The number of likely N-dealkylation sites (N-methyl/N-ethyl adjacent to an activating group) is 1. The molecule has 0 amide bonds. The van der Waals surface area contributed by atoms with Gasteiger partial charge in [-0.25, -0.2) is 9.78 Å². The zero-order valence-electron chi connectivity index (χ0n) is 17.3. The Morgan fingerprint density at radius 1 is 0.839 bits per heavy atom. The Morgan fingerprint density at radius 3 is 2.39 bits per heavy atom. The molecule has 0 N–H and O–H groups in total. The number of para-hydroxylation sites is 1. The highest BCUT2D eigenvalue weighted by Gasteiger charge is 2.23. The summed E-state index contributed by atoms with van der Waals surface area (Å²) in [6.07, 6.45) is 0. The van der Waals surface area contributed by atoms with Crippen molar-refractivity contribution >= 4 is 49.0 Å². The van der Waals surface area contributed by atoms with Crippen molar-refractivity contribution < 1.29 is 0 Å². The van der Waals surface area contributed by atoms with Gasteiger partial charge in [0.15, 0.2) is 5.52 Å². The van der Waals surface area contributed by atoms with Gasteiger partial charge in [0.1, 0.15) is 0 Å². The van der Waals surface area contributed by atoms with E-state index in [2.05, 4.69) is 12.1 Å². The molecule has 6 aromatic rings. The van der Waals surface area contributed by atoms with Crippen LogP contribution >= 0.6 is 0 Å². The van der Waals surface area contributed by atoms with E-state index in [1.54, 1.807) is 4.40 Å². The summed E-state index contributed by atoms with van der Waals surface area (Å²) < 4.78 is 3.03. The van der Waals surface area contributed by atoms with Crippen molar-refractivity contribution in [3.63, 3.8) is 0 Å². The van der Waals surface area contributed by atoms with Crippen LogP contribution in [0.5, 0.6) is 0 Å². The number of aromatic nitrogens is 3. The molecular weight excluding hydrogens is 388 g/mol. The fourth-order valence-corrected chi connectivity index (χ4v) is 4.67. The molecule has 3 aromatic heterocycles. The molecule has 0 saturated heterocycles. The first-order valence-corrected chi connectivity index (χ1v) is 10.3. The van der Waals surface area contributed by atoms with Crippen molar-refractivity contribution in [3.05, 3.63) is 81.5 Å². The van der Waals surface area contributed by atoms with Gasteiger partial charge in [0.25, 0.3) is 5.56 Å². The molecule has 0 aliphatic heterocycles. The first-order chi connectivity index (χ1) is 15.1. The van der Waals surface area contributed by atoms with Crippen LogP contribution in [0.2, 0.25) is 0 Å². The highest BCUT2D eigenvalue weighted by Crippen LogP contribution is 2.37. The summed E-state index contributed by atoms with van der Waals surface area (Å²) in [7, 11) is 3.85. The third-order valence-electron chi connectivity index (χ3n) is 6.12. The summed E-state index contributed by atoms with van der Waals surface area (Å²) >= 11 is 0. The van der Waals surface area contributed by atoms with Crippen LogP contribution in [-0.2, 0) is 6.54 Å². The van der Waals surface area contributed by atoms with Gasteiger partial charge in [-0.05, 0) is 25.5 Å². The molecule has 0 bridgehead atoms. The van der Waals surface area contributed by atoms with Crippen LogP contribution in [0.4, 0.5) is 0 Å². The minimum absolute atomic E-state index is 0.310.